The van der Waals surface area contributed by atoms with Gasteiger partial charge in [0.05, 0.1) is 22.6 Å². The Labute approximate surface area is 201 Å². The summed E-state index contributed by atoms with van der Waals surface area (Å²) in [5, 5.41) is 35.5. The largest absolute Gasteiger partial charge is 0.505 e. The quantitative estimate of drug-likeness (QED) is 0.106. The summed E-state index contributed by atoms with van der Waals surface area (Å²) in [6.07, 6.45) is 0. The summed E-state index contributed by atoms with van der Waals surface area (Å²) in [6.45, 7) is 1.96. The van der Waals surface area contributed by atoms with Gasteiger partial charge in [0.1, 0.15) is 5.69 Å². The summed E-state index contributed by atoms with van der Waals surface area (Å²) in [7, 11) is 0. The number of rotatable bonds is 7. The molecule has 3 aromatic carbocycles. The Morgan fingerprint density at radius 2 is 1.70 bits per heavy atom. The lowest BCUT2D eigenvalue weighted by molar-refractivity contribution is -0.432. The maximum Gasteiger partial charge on any atom is 0.232 e. The molecule has 0 unspecified atom stereocenters. The predicted molar refractivity (Wildman–Crippen MR) is 125 cm³/mol. The Hall–Kier alpha value is -3.06. The van der Waals surface area contributed by atoms with Crippen LogP contribution in [0.15, 0.2) is 63.7 Å². The van der Waals surface area contributed by atoms with E-state index in [0.717, 1.165) is 5.56 Å². The Balaban J connectivity index is 1.72. The second kappa shape index (κ2) is 10.3. The van der Waals surface area contributed by atoms with Gasteiger partial charge in [-0.2, -0.15) is 20.1 Å². The molecular weight excluding hydrogens is 491 g/mol. The van der Waals surface area contributed by atoms with E-state index in [1.54, 1.807) is 36.4 Å². The summed E-state index contributed by atoms with van der Waals surface area (Å²) in [5.74, 6) is 0.0175. The van der Waals surface area contributed by atoms with E-state index in [4.69, 9.17) is 28.5 Å². The molecule has 0 radical (unpaired) electrons. The van der Waals surface area contributed by atoms with Crippen molar-refractivity contribution < 1.29 is 19.7 Å². The van der Waals surface area contributed by atoms with E-state index in [-0.39, 0.29) is 28.0 Å². The van der Waals surface area contributed by atoms with Gasteiger partial charge in [0.25, 0.3) is 0 Å². The number of benzene rings is 3. The lowest BCUT2D eigenvalue weighted by Gasteiger charge is -2.11. The average molecular weight is 505 g/mol. The van der Waals surface area contributed by atoms with E-state index >= 15 is 0 Å². The molecule has 0 atom stereocenters. The van der Waals surface area contributed by atoms with Crippen molar-refractivity contribution in [2.24, 2.45) is 10.2 Å². The van der Waals surface area contributed by atoms with Crippen molar-refractivity contribution in [1.82, 2.24) is 15.0 Å². The average Bonchev–Trinajstić information content (AvgIpc) is 2.77. The summed E-state index contributed by atoms with van der Waals surface area (Å²) >= 11 is 12.3. The molecule has 0 aliphatic rings. The van der Waals surface area contributed by atoms with Gasteiger partial charge >= 0.3 is 0 Å². The Bertz CT molecular complexity index is 1320. The van der Waals surface area contributed by atoms with Crippen LogP contribution in [0, 0.1) is 6.92 Å². The van der Waals surface area contributed by atoms with Crippen molar-refractivity contribution in [2.75, 3.05) is 5.32 Å². The van der Waals surface area contributed by atoms with Crippen LogP contribution in [0.1, 0.15) is 5.56 Å². The highest BCUT2D eigenvalue weighted by Crippen LogP contribution is 2.44. The number of halogens is 2. The number of nitrogens with one attached hydrogen (secondary N) is 1. The van der Waals surface area contributed by atoms with Crippen molar-refractivity contribution in [3.63, 3.8) is 0 Å². The first-order valence-electron chi connectivity index (χ1n) is 9.20. The molecule has 4 rings (SSSR count). The zero-order chi connectivity index (χ0) is 23.4. The first-order chi connectivity index (χ1) is 15.9. The summed E-state index contributed by atoms with van der Waals surface area (Å²) in [6, 6.07) is 14.2. The van der Waals surface area contributed by atoms with Crippen molar-refractivity contribution in [1.29, 1.82) is 0 Å². The van der Waals surface area contributed by atoms with Gasteiger partial charge in [0, 0.05) is 11.1 Å². The number of hydrogen-bond donors (Lipinski definition) is 3. The molecule has 1 heterocycles. The molecule has 33 heavy (non-hydrogen) atoms. The highest BCUT2D eigenvalue weighted by molar-refractivity contribution is 7.94. The third-order valence-electron chi connectivity index (χ3n) is 4.34. The standard InChI is InChI=1S/C20H14Cl2N6O4S/c1-10-2-4-12(5-3-10)27-28-16-15(33-32-31-30)9-11-8-13(6-7-14(11)17(16)29)23-20-25-18(21)24-19(22)26-20/h2-9,29-30H,1H3,(H,23,24,25,26). The number of nitrogens with zero attached hydrogens (tertiary/aromatic N) is 5. The lowest BCUT2D eigenvalue weighted by Crippen LogP contribution is -1.99. The number of azo groups is 1. The number of fused-ring (bicyclic) bond motifs is 1. The van der Waals surface area contributed by atoms with Crippen LogP contribution in [0.25, 0.3) is 10.8 Å². The Morgan fingerprint density at radius 3 is 2.39 bits per heavy atom. The highest BCUT2D eigenvalue weighted by Gasteiger charge is 2.16. The molecule has 0 aliphatic carbocycles. The highest BCUT2D eigenvalue weighted by atomic mass is 35.5. The minimum Gasteiger partial charge on any atom is -0.505 e. The van der Waals surface area contributed by atoms with E-state index in [0.29, 0.717) is 39.1 Å². The minimum absolute atomic E-state index is 0.0562. The molecule has 0 aliphatic heterocycles. The van der Waals surface area contributed by atoms with Gasteiger partial charge < -0.3 is 10.4 Å². The molecule has 0 spiro atoms. The van der Waals surface area contributed by atoms with Gasteiger partial charge in [-0.25, -0.2) is 5.26 Å². The van der Waals surface area contributed by atoms with E-state index < -0.39 is 0 Å². The molecule has 0 bridgehead atoms. The van der Waals surface area contributed by atoms with Crippen molar-refractivity contribution in [3.8, 4) is 5.75 Å². The van der Waals surface area contributed by atoms with Crippen LogP contribution in [0.4, 0.5) is 23.0 Å². The smallest absolute Gasteiger partial charge is 0.232 e. The van der Waals surface area contributed by atoms with Gasteiger partial charge in [0.2, 0.25) is 16.5 Å². The number of phenols is 1. The molecule has 0 fully saturated rings. The van der Waals surface area contributed by atoms with Crippen molar-refractivity contribution in [2.45, 2.75) is 11.8 Å². The SMILES string of the molecule is Cc1ccc(N=Nc2c(SOOO)cc3cc(Nc4nc(Cl)nc(Cl)n4)ccc3c2O)cc1. The predicted octanol–water partition coefficient (Wildman–Crippen LogP) is 6.93. The monoisotopic (exact) mass is 504 g/mol. The van der Waals surface area contributed by atoms with Gasteiger partial charge in [-0.05, 0) is 71.9 Å². The fraction of sp³-hybridized carbons (Fsp3) is 0.0500. The number of anilines is 2. The fourth-order valence-electron chi connectivity index (χ4n) is 2.87. The first-order valence-corrected chi connectivity index (χ1v) is 10.7. The van der Waals surface area contributed by atoms with Crippen LogP contribution < -0.4 is 5.32 Å². The van der Waals surface area contributed by atoms with E-state index in [9.17, 15) is 5.11 Å². The van der Waals surface area contributed by atoms with Crippen LogP contribution in [0.5, 0.6) is 5.75 Å². The summed E-state index contributed by atoms with van der Waals surface area (Å²) < 4.78 is 4.57. The summed E-state index contributed by atoms with van der Waals surface area (Å²) in [4.78, 5) is 12.0. The van der Waals surface area contributed by atoms with Crippen LogP contribution in [-0.2, 0) is 9.37 Å². The third kappa shape index (κ3) is 5.66. The molecular formula is C20H14Cl2N6O4S. The third-order valence-corrected chi connectivity index (χ3v) is 5.30. The van der Waals surface area contributed by atoms with E-state index in [1.165, 1.54) is 0 Å². The van der Waals surface area contributed by atoms with Gasteiger partial charge in [0.15, 0.2) is 5.75 Å². The normalized spacial score (nSPS) is 11.4. The minimum atomic E-state index is -0.134. The van der Waals surface area contributed by atoms with Gasteiger partial charge in [-0.1, -0.05) is 22.7 Å². The molecule has 168 valence electrons. The molecule has 0 saturated heterocycles. The molecule has 10 nitrogen and oxygen atoms in total. The molecule has 13 heteroatoms. The molecule has 0 saturated carbocycles. The number of aromatic nitrogens is 3. The zero-order valence-corrected chi connectivity index (χ0v) is 19.1. The van der Waals surface area contributed by atoms with Gasteiger partial charge in [-0.15, -0.1) is 9.45 Å². The molecule has 1 aromatic heterocycles. The van der Waals surface area contributed by atoms with Crippen LogP contribution in [0.3, 0.4) is 0 Å². The maximum absolute atomic E-state index is 10.9. The Kier molecular flexibility index (Phi) is 7.18. The maximum atomic E-state index is 10.9. The zero-order valence-electron chi connectivity index (χ0n) is 16.7. The van der Waals surface area contributed by atoms with Crippen molar-refractivity contribution in [3.05, 3.63) is 64.7 Å². The van der Waals surface area contributed by atoms with Crippen LogP contribution in [0.2, 0.25) is 10.6 Å². The molecule has 3 N–H and O–H groups in total. The molecule has 4 aromatic rings. The number of aryl methyl sites for hydroxylation is 1. The molecule has 0 amide bonds. The summed E-state index contributed by atoms with van der Waals surface area (Å²) in [5.41, 5.74) is 2.41. The Morgan fingerprint density at radius 1 is 0.970 bits per heavy atom. The van der Waals surface area contributed by atoms with Crippen LogP contribution >= 0.6 is 35.2 Å². The van der Waals surface area contributed by atoms with Crippen molar-refractivity contribution >= 4 is 69.0 Å². The number of hydrogen-bond acceptors (Lipinski definition) is 11. The van der Waals surface area contributed by atoms with Crippen LogP contribution in [-0.4, -0.2) is 25.3 Å². The first kappa shape index (κ1) is 23.1. The lowest BCUT2D eigenvalue weighted by atomic mass is 10.1. The second-order valence-corrected chi connectivity index (χ2v) is 8.01. The second-order valence-electron chi connectivity index (χ2n) is 6.59. The fourth-order valence-corrected chi connectivity index (χ4v) is 3.73. The van der Waals surface area contributed by atoms with E-state index in [1.807, 2.05) is 19.1 Å². The number of aromatic hydroxyl groups is 1. The topological polar surface area (TPSA) is 134 Å². The van der Waals surface area contributed by atoms with Gasteiger partial charge in [-0.3, -0.25) is 0 Å². The van der Waals surface area contributed by atoms with E-state index in [2.05, 4.69) is 39.9 Å². The number of phenolic OH excluding ortho intramolecular Hbond substituents is 1.